The van der Waals surface area contributed by atoms with Crippen LogP contribution in [0.4, 0.5) is 4.39 Å². The van der Waals surface area contributed by atoms with Crippen LogP contribution in [0.1, 0.15) is 16.7 Å². The fourth-order valence-corrected chi connectivity index (χ4v) is 2.47. The van der Waals surface area contributed by atoms with Gasteiger partial charge in [-0.3, -0.25) is 4.98 Å². The summed E-state index contributed by atoms with van der Waals surface area (Å²) in [5, 5.41) is 9.85. The van der Waals surface area contributed by atoms with Gasteiger partial charge in [0, 0.05) is 11.3 Å². The summed E-state index contributed by atoms with van der Waals surface area (Å²) in [5.41, 5.74) is 0.464. The molecule has 0 bridgehead atoms. The summed E-state index contributed by atoms with van der Waals surface area (Å²) >= 11 is 7.20. The average Bonchev–Trinajstić information content (AvgIpc) is 2.65. The Hall–Kier alpha value is -0.970. The lowest BCUT2D eigenvalue weighted by Crippen LogP contribution is -2.03. The van der Waals surface area contributed by atoms with E-state index in [1.807, 2.05) is 6.07 Å². The average molecular weight is 258 g/mol. The maximum Gasteiger partial charge on any atom is 0.141 e. The molecular formula is C11H9ClFNOS. The molecule has 2 heterocycles. The zero-order valence-corrected chi connectivity index (χ0v) is 9.80. The first-order valence-electron chi connectivity index (χ1n) is 4.69. The first-order chi connectivity index (χ1) is 7.65. The van der Waals surface area contributed by atoms with E-state index in [1.165, 1.54) is 23.5 Å². The smallest absolute Gasteiger partial charge is 0.141 e. The second kappa shape index (κ2) is 4.91. The summed E-state index contributed by atoms with van der Waals surface area (Å²) in [5.74, 6) is -0.407. The molecule has 0 aliphatic carbocycles. The van der Waals surface area contributed by atoms with Gasteiger partial charge in [-0.25, -0.2) is 4.39 Å². The van der Waals surface area contributed by atoms with Gasteiger partial charge in [-0.1, -0.05) is 11.6 Å². The van der Waals surface area contributed by atoms with E-state index in [0.717, 1.165) is 11.1 Å². The maximum atomic E-state index is 12.6. The van der Waals surface area contributed by atoms with Gasteiger partial charge in [0.25, 0.3) is 0 Å². The Morgan fingerprint density at radius 1 is 1.38 bits per heavy atom. The van der Waals surface area contributed by atoms with Crippen molar-refractivity contribution in [1.82, 2.24) is 4.98 Å². The van der Waals surface area contributed by atoms with Crippen LogP contribution in [0.2, 0.25) is 4.34 Å². The zero-order valence-electron chi connectivity index (χ0n) is 8.23. The van der Waals surface area contributed by atoms with Crippen molar-refractivity contribution in [2.24, 2.45) is 0 Å². The quantitative estimate of drug-likeness (QED) is 0.916. The number of aliphatic hydroxyl groups excluding tert-OH is 1. The van der Waals surface area contributed by atoms with Gasteiger partial charge < -0.3 is 5.11 Å². The van der Waals surface area contributed by atoms with Crippen LogP contribution < -0.4 is 0 Å². The molecule has 2 aromatic heterocycles. The van der Waals surface area contributed by atoms with Gasteiger partial charge in [-0.2, -0.15) is 0 Å². The summed E-state index contributed by atoms with van der Waals surface area (Å²) in [4.78, 5) is 4.80. The highest BCUT2D eigenvalue weighted by atomic mass is 35.5. The predicted molar refractivity (Wildman–Crippen MR) is 62.2 cm³/mol. The highest BCUT2D eigenvalue weighted by Gasteiger charge is 2.11. The third-order valence-electron chi connectivity index (χ3n) is 2.12. The zero-order chi connectivity index (χ0) is 11.5. The molecule has 1 atom stereocenters. The number of rotatable bonds is 3. The fraction of sp³-hybridized carbons (Fsp3) is 0.182. The third kappa shape index (κ3) is 2.78. The molecule has 2 aromatic rings. The highest BCUT2D eigenvalue weighted by molar-refractivity contribution is 7.16. The van der Waals surface area contributed by atoms with Crippen LogP contribution in [0.25, 0.3) is 0 Å². The summed E-state index contributed by atoms with van der Waals surface area (Å²) in [6.07, 6.45) is 0.811. The molecule has 16 heavy (non-hydrogen) atoms. The van der Waals surface area contributed by atoms with Crippen LogP contribution >= 0.6 is 22.9 Å². The number of halogens is 2. The minimum atomic E-state index is -0.727. The van der Waals surface area contributed by atoms with E-state index < -0.39 is 11.9 Å². The first-order valence-corrected chi connectivity index (χ1v) is 5.88. The monoisotopic (exact) mass is 257 g/mol. The molecule has 1 N–H and O–H groups in total. The van der Waals surface area contributed by atoms with Crippen molar-refractivity contribution in [3.8, 4) is 0 Å². The van der Waals surface area contributed by atoms with E-state index in [2.05, 4.69) is 4.98 Å². The van der Waals surface area contributed by atoms with Crippen molar-refractivity contribution in [3.05, 3.63) is 51.2 Å². The second-order valence-corrected chi connectivity index (χ2v) is 5.13. The van der Waals surface area contributed by atoms with Crippen LogP contribution in [0, 0.1) is 5.82 Å². The largest absolute Gasteiger partial charge is 0.386 e. The Morgan fingerprint density at radius 3 is 2.75 bits per heavy atom. The fourth-order valence-electron chi connectivity index (χ4n) is 1.34. The number of hydrogen-bond acceptors (Lipinski definition) is 3. The van der Waals surface area contributed by atoms with Gasteiger partial charge in [0.1, 0.15) is 11.9 Å². The minimum absolute atomic E-state index is 0.407. The Bertz CT molecular complexity index is 471. The minimum Gasteiger partial charge on any atom is -0.386 e. The van der Waals surface area contributed by atoms with Crippen LogP contribution in [0.3, 0.4) is 0 Å². The van der Waals surface area contributed by atoms with Crippen molar-refractivity contribution < 1.29 is 9.50 Å². The molecule has 2 nitrogen and oxygen atoms in total. The number of nitrogens with zero attached hydrogens (tertiary/aromatic N) is 1. The lowest BCUT2D eigenvalue weighted by atomic mass is 10.1. The lowest BCUT2D eigenvalue weighted by molar-refractivity contribution is 0.174. The second-order valence-electron chi connectivity index (χ2n) is 3.33. The molecule has 0 amide bonds. The molecule has 84 valence electrons. The summed E-state index contributed by atoms with van der Waals surface area (Å²) in [7, 11) is 0. The van der Waals surface area contributed by atoms with Crippen LogP contribution in [-0.2, 0) is 6.42 Å². The maximum absolute atomic E-state index is 12.6. The molecule has 0 saturated heterocycles. The molecule has 0 aliphatic rings. The van der Waals surface area contributed by atoms with Gasteiger partial charge in [-0.15, -0.1) is 11.3 Å². The van der Waals surface area contributed by atoms with Gasteiger partial charge in [0.15, 0.2) is 0 Å². The standard InChI is InChI=1S/C11H9ClFNOS/c12-11-4-2-8(16-11)5-10(15)9-3-1-7(13)6-14-9/h1-4,6,10,15H,5H2. The Labute approximate surface area is 101 Å². The highest BCUT2D eigenvalue weighted by Crippen LogP contribution is 2.25. The summed E-state index contributed by atoms with van der Waals surface area (Å²) in [6.45, 7) is 0. The molecule has 0 fully saturated rings. The third-order valence-corrected chi connectivity index (χ3v) is 3.37. The van der Waals surface area contributed by atoms with E-state index in [4.69, 9.17) is 11.6 Å². The van der Waals surface area contributed by atoms with Crippen molar-refractivity contribution in [2.45, 2.75) is 12.5 Å². The number of thiophene rings is 1. The van der Waals surface area contributed by atoms with Crippen molar-refractivity contribution in [2.75, 3.05) is 0 Å². The van der Waals surface area contributed by atoms with E-state index >= 15 is 0 Å². The molecule has 2 rings (SSSR count). The number of aromatic nitrogens is 1. The summed E-state index contributed by atoms with van der Waals surface area (Å²) < 4.78 is 13.3. The molecular weight excluding hydrogens is 249 g/mol. The van der Waals surface area contributed by atoms with Gasteiger partial charge in [0.05, 0.1) is 16.2 Å². The Balaban J connectivity index is 2.08. The molecule has 1 unspecified atom stereocenters. The van der Waals surface area contributed by atoms with Gasteiger partial charge in [0.2, 0.25) is 0 Å². The SMILES string of the molecule is OC(Cc1ccc(Cl)s1)c1ccc(F)cn1. The van der Waals surface area contributed by atoms with Crippen molar-refractivity contribution >= 4 is 22.9 Å². The van der Waals surface area contributed by atoms with E-state index in [-0.39, 0.29) is 0 Å². The van der Waals surface area contributed by atoms with Gasteiger partial charge >= 0.3 is 0 Å². The van der Waals surface area contributed by atoms with Crippen LogP contribution in [0.15, 0.2) is 30.5 Å². The topological polar surface area (TPSA) is 33.1 Å². The number of pyridine rings is 1. The molecule has 5 heteroatoms. The Kier molecular flexibility index (Phi) is 3.53. The molecule has 0 aromatic carbocycles. The van der Waals surface area contributed by atoms with E-state index in [9.17, 15) is 9.50 Å². The molecule has 0 spiro atoms. The molecule has 0 saturated carbocycles. The number of hydrogen-bond donors (Lipinski definition) is 1. The van der Waals surface area contributed by atoms with Crippen molar-refractivity contribution in [3.63, 3.8) is 0 Å². The van der Waals surface area contributed by atoms with E-state index in [1.54, 1.807) is 6.07 Å². The summed E-state index contributed by atoms with van der Waals surface area (Å²) in [6, 6.07) is 6.41. The molecule has 0 aliphatic heterocycles. The molecule has 0 radical (unpaired) electrons. The lowest BCUT2D eigenvalue weighted by Gasteiger charge is -2.07. The number of aliphatic hydroxyl groups is 1. The van der Waals surface area contributed by atoms with Crippen molar-refractivity contribution in [1.29, 1.82) is 0 Å². The first kappa shape index (κ1) is 11.5. The van der Waals surface area contributed by atoms with Gasteiger partial charge in [-0.05, 0) is 24.3 Å². The van der Waals surface area contributed by atoms with Crippen LogP contribution in [-0.4, -0.2) is 10.1 Å². The van der Waals surface area contributed by atoms with E-state index in [0.29, 0.717) is 16.5 Å². The normalized spacial score (nSPS) is 12.7. The van der Waals surface area contributed by atoms with Crippen LogP contribution in [0.5, 0.6) is 0 Å². The Morgan fingerprint density at radius 2 is 2.19 bits per heavy atom. The predicted octanol–water partition coefficient (Wildman–Crippen LogP) is 3.21.